The van der Waals surface area contributed by atoms with Gasteiger partial charge in [0, 0.05) is 13.2 Å². The van der Waals surface area contributed by atoms with Crippen LogP contribution in [0.3, 0.4) is 0 Å². The van der Waals surface area contributed by atoms with Crippen molar-refractivity contribution in [1.82, 2.24) is 5.32 Å². The standard InChI is InChI=1S/C16H22ClNO3/c1-11(2)21-14-6-5-12(10-13(14)17)7-8-18-16(19)15-4-3-9-20-15/h5-6,10-11,15H,3-4,7-9H2,1-2H3,(H,18,19). The third-order valence-electron chi connectivity index (χ3n) is 3.29. The van der Waals surface area contributed by atoms with Crippen LogP contribution in [0.15, 0.2) is 18.2 Å². The van der Waals surface area contributed by atoms with Crippen molar-refractivity contribution in [3.05, 3.63) is 28.8 Å². The Labute approximate surface area is 130 Å². The molecule has 1 heterocycles. The number of halogens is 1. The van der Waals surface area contributed by atoms with Crippen LogP contribution in [0.2, 0.25) is 5.02 Å². The van der Waals surface area contributed by atoms with Gasteiger partial charge in [0.2, 0.25) is 5.91 Å². The van der Waals surface area contributed by atoms with E-state index in [1.165, 1.54) is 0 Å². The summed E-state index contributed by atoms with van der Waals surface area (Å²) in [5, 5.41) is 3.50. The zero-order valence-electron chi connectivity index (χ0n) is 12.5. The highest BCUT2D eigenvalue weighted by molar-refractivity contribution is 6.32. The third-order valence-corrected chi connectivity index (χ3v) is 3.59. The Morgan fingerprint density at radius 1 is 1.52 bits per heavy atom. The molecule has 21 heavy (non-hydrogen) atoms. The largest absolute Gasteiger partial charge is 0.489 e. The Bertz CT molecular complexity index is 484. The summed E-state index contributed by atoms with van der Waals surface area (Å²) in [4.78, 5) is 11.8. The Hall–Kier alpha value is -1.26. The van der Waals surface area contributed by atoms with Gasteiger partial charge in [-0.15, -0.1) is 0 Å². The lowest BCUT2D eigenvalue weighted by Crippen LogP contribution is -2.35. The fraction of sp³-hybridized carbons (Fsp3) is 0.562. The van der Waals surface area contributed by atoms with Crippen molar-refractivity contribution in [2.75, 3.05) is 13.2 Å². The quantitative estimate of drug-likeness (QED) is 0.878. The summed E-state index contributed by atoms with van der Waals surface area (Å²) < 4.78 is 10.9. The van der Waals surface area contributed by atoms with Gasteiger partial charge in [-0.05, 0) is 50.8 Å². The highest BCUT2D eigenvalue weighted by atomic mass is 35.5. The van der Waals surface area contributed by atoms with E-state index in [1.54, 1.807) is 0 Å². The van der Waals surface area contributed by atoms with Crippen LogP contribution in [-0.2, 0) is 16.0 Å². The molecule has 4 nitrogen and oxygen atoms in total. The lowest BCUT2D eigenvalue weighted by Gasteiger charge is -2.13. The van der Waals surface area contributed by atoms with Crippen LogP contribution in [-0.4, -0.2) is 31.3 Å². The van der Waals surface area contributed by atoms with Crippen LogP contribution in [0.5, 0.6) is 5.75 Å². The normalized spacial score (nSPS) is 18.0. The third kappa shape index (κ3) is 4.90. The van der Waals surface area contributed by atoms with E-state index in [0.29, 0.717) is 23.9 Å². The molecule has 0 saturated carbocycles. The van der Waals surface area contributed by atoms with Crippen LogP contribution in [0, 0.1) is 0 Å². The molecule has 1 aliphatic heterocycles. The Balaban J connectivity index is 1.80. The SMILES string of the molecule is CC(C)Oc1ccc(CCNC(=O)C2CCCO2)cc1Cl. The van der Waals surface area contributed by atoms with E-state index in [9.17, 15) is 4.79 Å². The van der Waals surface area contributed by atoms with Crippen molar-refractivity contribution in [3.8, 4) is 5.75 Å². The van der Waals surface area contributed by atoms with Gasteiger partial charge in [-0.2, -0.15) is 0 Å². The van der Waals surface area contributed by atoms with Gasteiger partial charge in [0.25, 0.3) is 0 Å². The average Bonchev–Trinajstić information content (AvgIpc) is 2.95. The number of hydrogen-bond donors (Lipinski definition) is 1. The summed E-state index contributed by atoms with van der Waals surface area (Å²) >= 11 is 6.19. The lowest BCUT2D eigenvalue weighted by atomic mass is 10.1. The number of ether oxygens (including phenoxy) is 2. The molecule has 0 bridgehead atoms. The Morgan fingerprint density at radius 2 is 2.33 bits per heavy atom. The van der Waals surface area contributed by atoms with Gasteiger partial charge < -0.3 is 14.8 Å². The van der Waals surface area contributed by atoms with E-state index < -0.39 is 0 Å². The van der Waals surface area contributed by atoms with Crippen LogP contribution in [0.1, 0.15) is 32.3 Å². The van der Waals surface area contributed by atoms with Crippen LogP contribution >= 0.6 is 11.6 Å². The van der Waals surface area contributed by atoms with Crippen LogP contribution in [0.25, 0.3) is 0 Å². The number of carbonyl (C=O) groups is 1. The lowest BCUT2D eigenvalue weighted by molar-refractivity contribution is -0.129. The first-order chi connectivity index (χ1) is 10.1. The summed E-state index contributed by atoms with van der Waals surface area (Å²) in [6.45, 7) is 5.19. The fourth-order valence-corrected chi connectivity index (χ4v) is 2.53. The second-order valence-electron chi connectivity index (χ2n) is 5.47. The maximum Gasteiger partial charge on any atom is 0.249 e. The predicted molar refractivity (Wildman–Crippen MR) is 82.9 cm³/mol. The highest BCUT2D eigenvalue weighted by Crippen LogP contribution is 2.26. The minimum Gasteiger partial charge on any atom is -0.489 e. The predicted octanol–water partition coefficient (Wildman–Crippen LogP) is 2.96. The maximum absolute atomic E-state index is 11.8. The van der Waals surface area contributed by atoms with Gasteiger partial charge in [0.1, 0.15) is 11.9 Å². The maximum atomic E-state index is 11.8. The van der Waals surface area contributed by atoms with E-state index in [-0.39, 0.29) is 18.1 Å². The summed E-state index contributed by atoms with van der Waals surface area (Å²) in [7, 11) is 0. The van der Waals surface area contributed by atoms with Crippen LogP contribution in [0.4, 0.5) is 0 Å². The molecule has 1 aliphatic rings. The van der Waals surface area contributed by atoms with Crippen LogP contribution < -0.4 is 10.1 Å². The molecule has 1 aromatic rings. The van der Waals surface area contributed by atoms with E-state index in [2.05, 4.69) is 5.32 Å². The molecule has 116 valence electrons. The van der Waals surface area contributed by atoms with Gasteiger partial charge in [-0.1, -0.05) is 17.7 Å². The zero-order valence-corrected chi connectivity index (χ0v) is 13.3. The minimum absolute atomic E-state index is 0.0154. The van der Waals surface area contributed by atoms with Gasteiger partial charge in [0.15, 0.2) is 0 Å². The van der Waals surface area contributed by atoms with Gasteiger partial charge >= 0.3 is 0 Å². The zero-order chi connectivity index (χ0) is 15.2. The second-order valence-corrected chi connectivity index (χ2v) is 5.88. The van der Waals surface area contributed by atoms with Crippen molar-refractivity contribution in [2.24, 2.45) is 0 Å². The van der Waals surface area contributed by atoms with Crippen molar-refractivity contribution < 1.29 is 14.3 Å². The molecule has 0 aromatic heterocycles. The van der Waals surface area contributed by atoms with Gasteiger partial charge in [-0.25, -0.2) is 0 Å². The molecule has 1 unspecified atom stereocenters. The molecule has 1 saturated heterocycles. The van der Waals surface area contributed by atoms with E-state index in [0.717, 1.165) is 24.8 Å². The number of benzene rings is 1. The van der Waals surface area contributed by atoms with E-state index in [1.807, 2.05) is 32.0 Å². The number of hydrogen-bond acceptors (Lipinski definition) is 3. The van der Waals surface area contributed by atoms with Gasteiger partial charge in [0.05, 0.1) is 11.1 Å². The average molecular weight is 312 g/mol. The van der Waals surface area contributed by atoms with Crippen molar-refractivity contribution in [1.29, 1.82) is 0 Å². The van der Waals surface area contributed by atoms with Crippen molar-refractivity contribution in [2.45, 2.75) is 45.3 Å². The number of carbonyl (C=O) groups excluding carboxylic acids is 1. The molecular weight excluding hydrogens is 290 g/mol. The molecule has 0 aliphatic carbocycles. The monoisotopic (exact) mass is 311 g/mol. The fourth-order valence-electron chi connectivity index (χ4n) is 2.28. The summed E-state index contributed by atoms with van der Waals surface area (Å²) in [6, 6.07) is 5.74. The Kier molecular flexibility index (Phi) is 5.88. The minimum atomic E-state index is -0.268. The smallest absolute Gasteiger partial charge is 0.249 e. The Morgan fingerprint density at radius 3 is 2.95 bits per heavy atom. The topological polar surface area (TPSA) is 47.6 Å². The molecule has 1 fully saturated rings. The number of amides is 1. The first-order valence-electron chi connectivity index (χ1n) is 7.40. The molecule has 0 radical (unpaired) electrons. The summed E-state index contributed by atoms with van der Waals surface area (Å²) in [5.41, 5.74) is 1.07. The molecule has 5 heteroatoms. The molecule has 1 atom stereocenters. The molecule has 1 N–H and O–H groups in total. The second kappa shape index (κ2) is 7.66. The summed E-state index contributed by atoms with van der Waals surface area (Å²) in [6.07, 6.45) is 2.35. The highest BCUT2D eigenvalue weighted by Gasteiger charge is 2.22. The molecule has 0 spiro atoms. The number of rotatable bonds is 6. The van der Waals surface area contributed by atoms with E-state index >= 15 is 0 Å². The van der Waals surface area contributed by atoms with E-state index in [4.69, 9.17) is 21.1 Å². The first-order valence-corrected chi connectivity index (χ1v) is 7.78. The van der Waals surface area contributed by atoms with Gasteiger partial charge in [-0.3, -0.25) is 4.79 Å². The summed E-state index contributed by atoms with van der Waals surface area (Å²) in [5.74, 6) is 0.678. The number of nitrogens with one attached hydrogen (secondary N) is 1. The van der Waals surface area contributed by atoms with Crippen molar-refractivity contribution >= 4 is 17.5 Å². The molecule has 2 rings (SSSR count). The molecule has 1 amide bonds. The van der Waals surface area contributed by atoms with Crippen molar-refractivity contribution in [3.63, 3.8) is 0 Å². The molecular formula is C16H22ClNO3. The first kappa shape index (κ1) is 16.1. The molecule has 1 aromatic carbocycles.